The van der Waals surface area contributed by atoms with Gasteiger partial charge in [-0.3, -0.25) is 0 Å². The normalized spacial score (nSPS) is 34.3. The Labute approximate surface area is 83.0 Å². The lowest BCUT2D eigenvalue weighted by molar-refractivity contribution is 0.602. The Morgan fingerprint density at radius 3 is 2.33 bits per heavy atom. The van der Waals surface area contributed by atoms with Crippen molar-refractivity contribution in [1.29, 1.82) is 0 Å². The van der Waals surface area contributed by atoms with Crippen LogP contribution in [0.3, 0.4) is 0 Å². The molecule has 1 rings (SSSR count). The summed E-state index contributed by atoms with van der Waals surface area (Å²) in [5.41, 5.74) is 0. The lowest BCUT2D eigenvalue weighted by Crippen LogP contribution is -2.16. The molecule has 72 valence electrons. The van der Waals surface area contributed by atoms with Crippen molar-refractivity contribution < 1.29 is 8.42 Å². The Balaban J connectivity index is 2.58. The minimum absolute atomic E-state index is 0.0941. The summed E-state index contributed by atoms with van der Waals surface area (Å²) in [5, 5.41) is 0.351. The van der Waals surface area contributed by atoms with Crippen LogP contribution in [0.25, 0.3) is 0 Å². The van der Waals surface area contributed by atoms with Gasteiger partial charge in [-0.25, -0.2) is 8.42 Å². The summed E-state index contributed by atoms with van der Waals surface area (Å²) < 4.78 is 22.3. The standard InChI is InChI=1S/C7H13ClO2S2/c1-5(2)11-7-4-12(9,10)3-6(7)8/h5-7H,3-4H2,1-2H3/t6-,7+/m1/s1. The van der Waals surface area contributed by atoms with Crippen molar-refractivity contribution in [2.45, 2.75) is 29.7 Å². The van der Waals surface area contributed by atoms with Gasteiger partial charge in [-0.1, -0.05) is 13.8 Å². The molecule has 2 nitrogen and oxygen atoms in total. The summed E-state index contributed by atoms with van der Waals surface area (Å²) in [6, 6.07) is 0. The highest BCUT2D eigenvalue weighted by Gasteiger charge is 2.36. The van der Waals surface area contributed by atoms with Crippen LogP contribution in [-0.2, 0) is 9.84 Å². The molecule has 0 amide bonds. The summed E-state index contributed by atoms with van der Waals surface area (Å²) in [6.07, 6.45) is 0. The van der Waals surface area contributed by atoms with Gasteiger partial charge in [0.15, 0.2) is 9.84 Å². The summed E-state index contributed by atoms with van der Waals surface area (Å²) in [5.74, 6) is 0.406. The molecular weight excluding hydrogens is 216 g/mol. The van der Waals surface area contributed by atoms with Gasteiger partial charge in [0.1, 0.15) is 0 Å². The van der Waals surface area contributed by atoms with Gasteiger partial charge in [0, 0.05) is 5.25 Å². The Hall–Kier alpha value is 0.590. The van der Waals surface area contributed by atoms with E-state index in [0.29, 0.717) is 5.25 Å². The highest BCUT2D eigenvalue weighted by molar-refractivity contribution is 8.02. The van der Waals surface area contributed by atoms with Gasteiger partial charge < -0.3 is 0 Å². The zero-order valence-corrected chi connectivity index (χ0v) is 9.55. The highest BCUT2D eigenvalue weighted by atomic mass is 35.5. The van der Waals surface area contributed by atoms with E-state index in [1.807, 2.05) is 0 Å². The lowest BCUT2D eigenvalue weighted by atomic mass is 10.4. The third kappa shape index (κ3) is 2.82. The van der Waals surface area contributed by atoms with E-state index in [1.54, 1.807) is 11.8 Å². The molecular formula is C7H13ClO2S2. The predicted molar refractivity (Wildman–Crippen MR) is 54.8 cm³/mol. The van der Waals surface area contributed by atoms with Crippen LogP contribution in [0.15, 0.2) is 0 Å². The Bertz CT molecular complexity index is 248. The number of halogens is 1. The fraction of sp³-hybridized carbons (Fsp3) is 1.00. The third-order valence-electron chi connectivity index (χ3n) is 1.68. The zero-order valence-electron chi connectivity index (χ0n) is 7.16. The van der Waals surface area contributed by atoms with Crippen LogP contribution in [-0.4, -0.2) is 35.8 Å². The van der Waals surface area contributed by atoms with E-state index in [0.717, 1.165) is 0 Å². The van der Waals surface area contributed by atoms with Gasteiger partial charge in [-0.15, -0.1) is 11.6 Å². The zero-order chi connectivity index (χ0) is 9.35. The topological polar surface area (TPSA) is 34.1 Å². The molecule has 0 aromatic rings. The number of sulfone groups is 1. The second kappa shape index (κ2) is 3.76. The fourth-order valence-electron chi connectivity index (χ4n) is 1.25. The lowest BCUT2D eigenvalue weighted by Gasteiger charge is -2.13. The molecule has 1 aliphatic rings. The monoisotopic (exact) mass is 228 g/mol. The Morgan fingerprint density at radius 2 is 2.00 bits per heavy atom. The molecule has 0 radical (unpaired) electrons. The van der Waals surface area contributed by atoms with Crippen LogP contribution in [0.2, 0.25) is 0 Å². The number of thioether (sulfide) groups is 1. The first-order chi connectivity index (χ1) is 5.41. The molecule has 1 saturated heterocycles. The van der Waals surface area contributed by atoms with Gasteiger partial charge >= 0.3 is 0 Å². The highest BCUT2D eigenvalue weighted by Crippen LogP contribution is 2.30. The Morgan fingerprint density at radius 1 is 1.42 bits per heavy atom. The number of rotatable bonds is 2. The van der Waals surface area contributed by atoms with Gasteiger partial charge in [0.25, 0.3) is 0 Å². The number of alkyl halides is 1. The quantitative estimate of drug-likeness (QED) is 0.673. The van der Waals surface area contributed by atoms with Crippen LogP contribution in [0, 0.1) is 0 Å². The van der Waals surface area contributed by atoms with Crippen LogP contribution in [0.5, 0.6) is 0 Å². The van der Waals surface area contributed by atoms with Crippen LogP contribution < -0.4 is 0 Å². The molecule has 0 N–H and O–H groups in total. The van der Waals surface area contributed by atoms with Crippen LogP contribution in [0.4, 0.5) is 0 Å². The van der Waals surface area contributed by atoms with Crippen molar-refractivity contribution in [3.05, 3.63) is 0 Å². The molecule has 1 heterocycles. The summed E-state index contributed by atoms with van der Waals surface area (Å²) in [6.45, 7) is 4.11. The van der Waals surface area contributed by atoms with Crippen molar-refractivity contribution in [2.75, 3.05) is 11.5 Å². The summed E-state index contributed by atoms with van der Waals surface area (Å²) in [4.78, 5) is 0. The first-order valence-electron chi connectivity index (χ1n) is 3.90. The fourth-order valence-corrected chi connectivity index (χ4v) is 5.81. The molecule has 5 heteroatoms. The first kappa shape index (κ1) is 10.7. The molecule has 12 heavy (non-hydrogen) atoms. The molecule has 1 aliphatic heterocycles. The molecule has 1 fully saturated rings. The average Bonchev–Trinajstić information content (AvgIpc) is 2.03. The molecule has 2 atom stereocenters. The van der Waals surface area contributed by atoms with E-state index < -0.39 is 9.84 Å². The predicted octanol–water partition coefficient (Wildman–Crippen LogP) is 1.53. The second-order valence-corrected chi connectivity index (χ2v) is 7.85. The maximum Gasteiger partial charge on any atom is 0.152 e. The maximum atomic E-state index is 11.1. The van der Waals surface area contributed by atoms with Crippen molar-refractivity contribution in [3.8, 4) is 0 Å². The van der Waals surface area contributed by atoms with Crippen molar-refractivity contribution in [2.24, 2.45) is 0 Å². The van der Waals surface area contributed by atoms with E-state index in [4.69, 9.17) is 11.6 Å². The molecule has 0 aromatic heterocycles. The van der Waals surface area contributed by atoms with E-state index in [1.165, 1.54) is 0 Å². The smallest absolute Gasteiger partial charge is 0.152 e. The first-order valence-corrected chi connectivity index (χ1v) is 7.11. The van der Waals surface area contributed by atoms with E-state index in [9.17, 15) is 8.42 Å². The molecule has 0 aromatic carbocycles. The van der Waals surface area contributed by atoms with E-state index in [-0.39, 0.29) is 22.1 Å². The minimum atomic E-state index is -2.84. The van der Waals surface area contributed by atoms with Crippen molar-refractivity contribution >= 4 is 33.2 Å². The van der Waals surface area contributed by atoms with Gasteiger partial charge in [0.05, 0.1) is 16.9 Å². The van der Waals surface area contributed by atoms with Gasteiger partial charge in [0.2, 0.25) is 0 Å². The summed E-state index contributed by atoms with van der Waals surface area (Å²) >= 11 is 7.57. The van der Waals surface area contributed by atoms with E-state index in [2.05, 4.69) is 13.8 Å². The molecule has 0 saturated carbocycles. The Kier molecular flexibility index (Phi) is 3.34. The van der Waals surface area contributed by atoms with Crippen LogP contribution >= 0.6 is 23.4 Å². The van der Waals surface area contributed by atoms with Gasteiger partial charge in [-0.2, -0.15) is 11.8 Å². The van der Waals surface area contributed by atoms with Crippen molar-refractivity contribution in [3.63, 3.8) is 0 Å². The number of hydrogen-bond donors (Lipinski definition) is 0. The second-order valence-electron chi connectivity index (χ2n) is 3.32. The maximum absolute atomic E-state index is 11.1. The van der Waals surface area contributed by atoms with E-state index >= 15 is 0 Å². The van der Waals surface area contributed by atoms with Crippen LogP contribution in [0.1, 0.15) is 13.8 Å². The summed E-state index contributed by atoms with van der Waals surface area (Å²) in [7, 11) is -2.84. The number of hydrogen-bond acceptors (Lipinski definition) is 3. The molecule has 0 bridgehead atoms. The third-order valence-corrected chi connectivity index (χ3v) is 5.81. The minimum Gasteiger partial charge on any atom is -0.229 e. The van der Waals surface area contributed by atoms with Gasteiger partial charge in [-0.05, 0) is 5.25 Å². The average molecular weight is 229 g/mol. The SMILES string of the molecule is CC(C)S[C@H]1CS(=O)(=O)C[C@H]1Cl. The molecule has 0 spiro atoms. The molecule has 0 unspecified atom stereocenters. The largest absolute Gasteiger partial charge is 0.229 e. The van der Waals surface area contributed by atoms with Crippen molar-refractivity contribution in [1.82, 2.24) is 0 Å². The molecule has 0 aliphatic carbocycles.